The Labute approximate surface area is 193 Å². The highest BCUT2D eigenvalue weighted by Gasteiger charge is 2.16. The summed E-state index contributed by atoms with van der Waals surface area (Å²) in [5.41, 5.74) is 1.39. The first-order valence-electron chi connectivity index (χ1n) is 11.8. The van der Waals surface area contributed by atoms with Crippen LogP contribution in [0.2, 0.25) is 0 Å². The van der Waals surface area contributed by atoms with Crippen LogP contribution >= 0.6 is 0 Å². The van der Waals surface area contributed by atoms with Gasteiger partial charge in [-0.3, -0.25) is 18.6 Å². The van der Waals surface area contributed by atoms with Crippen LogP contribution in [0, 0.1) is 0 Å². The molecule has 0 unspecified atom stereocenters. The summed E-state index contributed by atoms with van der Waals surface area (Å²) < 4.78 is 9.43. The van der Waals surface area contributed by atoms with E-state index in [0.29, 0.717) is 41.3 Å². The van der Waals surface area contributed by atoms with Gasteiger partial charge in [0.1, 0.15) is 12.4 Å². The number of ketones is 1. The van der Waals surface area contributed by atoms with Gasteiger partial charge in [0.2, 0.25) is 5.78 Å². The maximum absolute atomic E-state index is 12.8. The Bertz CT molecular complexity index is 1310. The molecule has 0 saturated carbocycles. The fourth-order valence-electron chi connectivity index (χ4n) is 4.11. The minimum Gasteiger partial charge on any atom is -0.486 e. The zero-order chi connectivity index (χ0) is 23.2. The van der Waals surface area contributed by atoms with Crippen LogP contribution in [0.3, 0.4) is 0 Å². The quantitative estimate of drug-likeness (QED) is 0.234. The van der Waals surface area contributed by atoms with Crippen molar-refractivity contribution in [1.29, 1.82) is 0 Å². The molecule has 7 nitrogen and oxygen atoms in total. The summed E-state index contributed by atoms with van der Waals surface area (Å²) in [5.74, 6) is 1.93. The topological polar surface area (TPSA) is 78.5 Å². The fraction of sp³-hybridized carbons (Fsp3) is 0.385. The third kappa shape index (κ3) is 4.82. The van der Waals surface area contributed by atoms with Crippen molar-refractivity contribution in [2.45, 2.75) is 65.5 Å². The van der Waals surface area contributed by atoms with Gasteiger partial charge in [-0.1, -0.05) is 44.7 Å². The molecule has 33 heavy (non-hydrogen) atoms. The van der Waals surface area contributed by atoms with Crippen LogP contribution in [0.4, 0.5) is 0 Å². The van der Waals surface area contributed by atoms with Crippen LogP contribution in [0.1, 0.15) is 68.6 Å². The van der Waals surface area contributed by atoms with Gasteiger partial charge in [0.15, 0.2) is 11.6 Å². The number of benzene rings is 2. The Balaban J connectivity index is 1.47. The molecule has 0 saturated heterocycles. The van der Waals surface area contributed by atoms with Crippen molar-refractivity contribution in [1.82, 2.24) is 19.2 Å². The normalized spacial score (nSPS) is 11.3. The van der Waals surface area contributed by atoms with Gasteiger partial charge in [0.25, 0.3) is 5.56 Å². The molecule has 0 atom stereocenters. The number of carbonyl (C=O) groups excluding carboxylic acids is 1. The van der Waals surface area contributed by atoms with Crippen molar-refractivity contribution >= 4 is 22.5 Å². The first kappa shape index (κ1) is 22.7. The van der Waals surface area contributed by atoms with E-state index in [-0.39, 0.29) is 17.9 Å². The van der Waals surface area contributed by atoms with Crippen LogP contribution < -0.4 is 10.3 Å². The molecule has 0 aliphatic carbocycles. The third-order valence-corrected chi connectivity index (χ3v) is 5.94. The summed E-state index contributed by atoms with van der Waals surface area (Å²) in [4.78, 5) is 25.2. The number of ether oxygens (including phenoxy) is 1. The van der Waals surface area contributed by atoms with Gasteiger partial charge in [-0.2, -0.15) is 0 Å². The number of aromatic nitrogens is 4. The number of Topliss-reactive ketones (excluding diaryl/α,β-unsaturated/α-hetero) is 1. The zero-order valence-electron chi connectivity index (χ0n) is 19.3. The van der Waals surface area contributed by atoms with Crippen molar-refractivity contribution < 1.29 is 9.53 Å². The van der Waals surface area contributed by atoms with Crippen molar-refractivity contribution in [3.8, 4) is 5.75 Å². The highest BCUT2D eigenvalue weighted by molar-refractivity contribution is 5.96. The molecule has 0 N–H and O–H groups in total. The summed E-state index contributed by atoms with van der Waals surface area (Å²) in [7, 11) is 0. The molecule has 0 aliphatic heterocycles. The second-order valence-electron chi connectivity index (χ2n) is 8.22. The van der Waals surface area contributed by atoms with Crippen LogP contribution in [0.15, 0.2) is 53.3 Å². The molecule has 0 fully saturated rings. The van der Waals surface area contributed by atoms with Gasteiger partial charge in [0.05, 0.1) is 10.9 Å². The maximum atomic E-state index is 12.8. The molecule has 0 amide bonds. The van der Waals surface area contributed by atoms with E-state index in [0.717, 1.165) is 18.4 Å². The van der Waals surface area contributed by atoms with E-state index >= 15 is 0 Å². The summed E-state index contributed by atoms with van der Waals surface area (Å²) >= 11 is 0. The Kier molecular flexibility index (Phi) is 7.17. The van der Waals surface area contributed by atoms with Gasteiger partial charge < -0.3 is 4.74 Å². The predicted octanol–water partition coefficient (Wildman–Crippen LogP) is 5.19. The number of unbranched alkanes of at least 4 members (excludes halogenated alkanes) is 4. The Morgan fingerprint density at radius 1 is 0.939 bits per heavy atom. The number of aryl methyl sites for hydroxylation is 1. The molecule has 7 heteroatoms. The zero-order valence-corrected chi connectivity index (χ0v) is 19.3. The lowest BCUT2D eigenvalue weighted by Crippen LogP contribution is -2.22. The lowest BCUT2D eigenvalue weighted by molar-refractivity contribution is 0.0979. The van der Waals surface area contributed by atoms with Crippen LogP contribution in [0.25, 0.3) is 16.7 Å². The third-order valence-electron chi connectivity index (χ3n) is 5.94. The smallest absolute Gasteiger partial charge is 0.262 e. The van der Waals surface area contributed by atoms with Gasteiger partial charge >= 0.3 is 0 Å². The number of carbonyl (C=O) groups is 1. The lowest BCUT2D eigenvalue weighted by Gasteiger charge is -2.10. The number of hydrogen-bond acceptors (Lipinski definition) is 5. The van der Waals surface area contributed by atoms with E-state index in [4.69, 9.17) is 4.74 Å². The molecule has 4 aromatic rings. The number of rotatable bonds is 11. The second kappa shape index (κ2) is 10.4. The number of para-hydroxylation sites is 1. The SMILES string of the molecule is CCCCCCCC(=O)c1ccc(OCc2nnc3n(CC)c(=O)c4ccccc4n23)cc1. The van der Waals surface area contributed by atoms with E-state index in [1.807, 2.05) is 59.9 Å². The molecule has 0 aliphatic rings. The molecule has 172 valence electrons. The molecule has 0 radical (unpaired) electrons. The Morgan fingerprint density at radius 3 is 2.45 bits per heavy atom. The number of fused-ring (bicyclic) bond motifs is 3. The fourth-order valence-corrected chi connectivity index (χ4v) is 4.11. The predicted molar refractivity (Wildman–Crippen MR) is 129 cm³/mol. The Hall–Kier alpha value is -3.48. The average Bonchev–Trinajstić information content (AvgIpc) is 3.27. The first-order valence-corrected chi connectivity index (χ1v) is 11.8. The molecule has 2 aromatic heterocycles. The number of hydrogen-bond donors (Lipinski definition) is 0. The van der Waals surface area contributed by atoms with Crippen LogP contribution in [0.5, 0.6) is 5.75 Å². The van der Waals surface area contributed by atoms with Crippen LogP contribution in [-0.4, -0.2) is 24.9 Å². The largest absolute Gasteiger partial charge is 0.486 e. The molecule has 0 bridgehead atoms. The summed E-state index contributed by atoms with van der Waals surface area (Å²) in [6.45, 7) is 4.79. The van der Waals surface area contributed by atoms with E-state index in [2.05, 4.69) is 17.1 Å². The second-order valence-corrected chi connectivity index (χ2v) is 8.22. The standard InChI is InChI=1S/C26H30N4O3/c1-3-5-6-7-8-13-23(31)19-14-16-20(17-15-19)33-18-24-27-28-26-29(4-2)25(32)21-11-9-10-12-22(21)30(24)26/h9-12,14-17H,3-8,13,18H2,1-2H3. The molecule has 0 spiro atoms. The average molecular weight is 447 g/mol. The van der Waals surface area contributed by atoms with Crippen molar-refractivity contribution in [2.75, 3.05) is 0 Å². The summed E-state index contributed by atoms with van der Waals surface area (Å²) in [6, 6.07) is 14.7. The summed E-state index contributed by atoms with van der Waals surface area (Å²) in [5, 5.41) is 9.15. The highest BCUT2D eigenvalue weighted by atomic mass is 16.5. The van der Waals surface area contributed by atoms with E-state index in [9.17, 15) is 9.59 Å². The maximum Gasteiger partial charge on any atom is 0.262 e. The van der Waals surface area contributed by atoms with E-state index in [1.54, 1.807) is 4.57 Å². The first-order chi connectivity index (χ1) is 16.1. The monoisotopic (exact) mass is 446 g/mol. The molecule has 4 rings (SSSR count). The minimum atomic E-state index is -0.0777. The van der Waals surface area contributed by atoms with Crippen molar-refractivity contribution in [2.24, 2.45) is 0 Å². The van der Waals surface area contributed by atoms with Crippen molar-refractivity contribution in [3.63, 3.8) is 0 Å². The summed E-state index contributed by atoms with van der Waals surface area (Å²) in [6.07, 6.45) is 6.25. The van der Waals surface area contributed by atoms with Crippen molar-refractivity contribution in [3.05, 3.63) is 70.3 Å². The number of nitrogens with zero attached hydrogens (tertiary/aromatic N) is 4. The Morgan fingerprint density at radius 2 is 1.70 bits per heavy atom. The molecular weight excluding hydrogens is 416 g/mol. The van der Waals surface area contributed by atoms with Crippen LogP contribution in [-0.2, 0) is 13.2 Å². The van der Waals surface area contributed by atoms with Gasteiger partial charge in [0, 0.05) is 18.5 Å². The molecule has 2 aromatic carbocycles. The van der Waals surface area contributed by atoms with Gasteiger partial charge in [-0.15, -0.1) is 10.2 Å². The minimum absolute atomic E-state index is 0.0777. The highest BCUT2D eigenvalue weighted by Crippen LogP contribution is 2.18. The van der Waals surface area contributed by atoms with E-state index in [1.165, 1.54) is 19.3 Å². The molecular formula is C26H30N4O3. The lowest BCUT2D eigenvalue weighted by atomic mass is 10.0. The van der Waals surface area contributed by atoms with Gasteiger partial charge in [-0.05, 0) is 49.7 Å². The van der Waals surface area contributed by atoms with E-state index < -0.39 is 0 Å². The molecule has 2 heterocycles. The van der Waals surface area contributed by atoms with Gasteiger partial charge in [-0.25, -0.2) is 0 Å².